The van der Waals surface area contributed by atoms with Crippen molar-refractivity contribution in [3.63, 3.8) is 0 Å². The highest BCUT2D eigenvalue weighted by Gasteiger charge is 2.57. The number of hydrogen-bond acceptors (Lipinski definition) is 2. The molecule has 2 aromatic rings. The summed E-state index contributed by atoms with van der Waals surface area (Å²) >= 11 is 0. The van der Waals surface area contributed by atoms with E-state index in [9.17, 15) is 5.11 Å². The number of benzene rings is 2. The fourth-order valence-corrected chi connectivity index (χ4v) is 9.24. The minimum Gasteiger partial charge on any atom is -0.407 e. The van der Waals surface area contributed by atoms with Crippen molar-refractivity contribution >= 4 is 18.7 Å². The van der Waals surface area contributed by atoms with E-state index in [2.05, 4.69) is 94.9 Å². The van der Waals surface area contributed by atoms with Gasteiger partial charge in [0.15, 0.2) is 0 Å². The quantitative estimate of drug-likeness (QED) is 0.527. The summed E-state index contributed by atoms with van der Waals surface area (Å²) in [5.41, 5.74) is -1.15. The summed E-state index contributed by atoms with van der Waals surface area (Å²) in [5, 5.41) is 13.7. The Morgan fingerprint density at radius 3 is 1.90 bits per heavy atom. The van der Waals surface area contributed by atoms with Crippen LogP contribution in [0.1, 0.15) is 40.5 Å². The Labute approximate surface area is 177 Å². The fraction of sp³-hybridized carbons (Fsp3) is 0.385. The van der Waals surface area contributed by atoms with Crippen LogP contribution >= 0.6 is 0 Å². The molecule has 1 fully saturated rings. The van der Waals surface area contributed by atoms with Gasteiger partial charge in [0.25, 0.3) is 8.32 Å². The monoisotopic (exact) mass is 406 g/mol. The summed E-state index contributed by atoms with van der Waals surface area (Å²) in [5.74, 6) is 0. The van der Waals surface area contributed by atoms with Crippen LogP contribution in [0.4, 0.5) is 0 Å². The van der Waals surface area contributed by atoms with E-state index in [1.165, 1.54) is 10.4 Å². The lowest BCUT2D eigenvalue weighted by Crippen LogP contribution is -2.68. The number of aliphatic hydroxyl groups is 1. The molecular formula is C26H34O2Si. The standard InChI is InChI=1S/C26H34O2Si/c1-6-7-18-26(27)20-19-25(26,5)21-28-29(24(2,3)4,22-14-10-8-11-15-22)23-16-12-9-13-17-23/h6-18,27H,1,19-21H2,2-5H3/b18-7-/t25-,26+/m1/s1. The lowest BCUT2D eigenvalue weighted by molar-refractivity contribution is -0.139. The zero-order chi connectivity index (χ0) is 21.2. The van der Waals surface area contributed by atoms with Gasteiger partial charge in [0.05, 0.1) is 5.60 Å². The summed E-state index contributed by atoms with van der Waals surface area (Å²) in [7, 11) is -2.59. The first-order chi connectivity index (χ1) is 13.7. The van der Waals surface area contributed by atoms with Crippen LogP contribution in [0.25, 0.3) is 0 Å². The predicted molar refractivity (Wildman–Crippen MR) is 125 cm³/mol. The van der Waals surface area contributed by atoms with Crippen LogP contribution in [-0.4, -0.2) is 25.6 Å². The summed E-state index contributed by atoms with van der Waals surface area (Å²) in [6, 6.07) is 21.3. The first-order valence-corrected chi connectivity index (χ1v) is 12.4. The van der Waals surface area contributed by atoms with Crippen LogP contribution < -0.4 is 10.4 Å². The minimum atomic E-state index is -2.59. The highest BCUT2D eigenvalue weighted by Crippen LogP contribution is 2.52. The van der Waals surface area contributed by atoms with Gasteiger partial charge in [-0.2, -0.15) is 0 Å². The first-order valence-electron chi connectivity index (χ1n) is 10.5. The van der Waals surface area contributed by atoms with Crippen LogP contribution in [0, 0.1) is 5.41 Å². The normalized spacial score (nSPS) is 25.0. The van der Waals surface area contributed by atoms with Crippen molar-refractivity contribution in [2.75, 3.05) is 6.61 Å². The number of allylic oxidation sites excluding steroid dienone is 2. The van der Waals surface area contributed by atoms with E-state index >= 15 is 0 Å². The summed E-state index contributed by atoms with van der Waals surface area (Å²) in [6.07, 6.45) is 7.17. The fourth-order valence-electron chi connectivity index (χ4n) is 4.55. The Morgan fingerprint density at radius 1 is 1.00 bits per heavy atom. The second-order valence-electron chi connectivity index (χ2n) is 9.53. The van der Waals surface area contributed by atoms with E-state index in [1.807, 2.05) is 12.2 Å². The van der Waals surface area contributed by atoms with Crippen molar-refractivity contribution in [2.45, 2.75) is 51.2 Å². The molecule has 1 N–H and O–H groups in total. The summed E-state index contributed by atoms with van der Waals surface area (Å²) in [4.78, 5) is 0. The van der Waals surface area contributed by atoms with Crippen molar-refractivity contribution < 1.29 is 9.53 Å². The van der Waals surface area contributed by atoms with Gasteiger partial charge in [0, 0.05) is 12.0 Å². The van der Waals surface area contributed by atoms with Gasteiger partial charge >= 0.3 is 0 Å². The lowest BCUT2D eigenvalue weighted by Gasteiger charge is -2.55. The summed E-state index contributed by atoms with van der Waals surface area (Å²) in [6.45, 7) is 13.3. The second kappa shape index (κ2) is 8.06. The molecule has 1 aliphatic rings. The van der Waals surface area contributed by atoms with Gasteiger partial charge in [-0.05, 0) is 28.3 Å². The third kappa shape index (κ3) is 3.79. The van der Waals surface area contributed by atoms with Crippen LogP contribution in [-0.2, 0) is 4.43 Å². The Hall–Kier alpha value is -1.94. The predicted octanol–water partition coefficient (Wildman–Crippen LogP) is 4.84. The molecule has 0 heterocycles. The van der Waals surface area contributed by atoms with Gasteiger partial charge in [-0.15, -0.1) is 0 Å². The van der Waals surface area contributed by atoms with Gasteiger partial charge < -0.3 is 9.53 Å². The molecule has 0 saturated heterocycles. The van der Waals surface area contributed by atoms with E-state index < -0.39 is 13.9 Å². The summed E-state index contributed by atoms with van der Waals surface area (Å²) < 4.78 is 7.07. The van der Waals surface area contributed by atoms with Crippen molar-refractivity contribution in [1.29, 1.82) is 0 Å². The Kier molecular flexibility index (Phi) is 6.05. The van der Waals surface area contributed by atoms with E-state index in [1.54, 1.807) is 6.08 Å². The van der Waals surface area contributed by atoms with Gasteiger partial charge in [-0.3, -0.25) is 0 Å². The maximum Gasteiger partial charge on any atom is 0.261 e. The highest BCUT2D eigenvalue weighted by atomic mass is 28.4. The molecule has 1 aliphatic carbocycles. The Morgan fingerprint density at radius 2 is 1.52 bits per heavy atom. The number of hydrogen-bond donors (Lipinski definition) is 1. The van der Waals surface area contributed by atoms with E-state index in [0.717, 1.165) is 12.8 Å². The molecule has 0 amide bonds. The van der Waals surface area contributed by atoms with E-state index in [-0.39, 0.29) is 10.5 Å². The molecular weight excluding hydrogens is 372 g/mol. The molecule has 1 saturated carbocycles. The zero-order valence-electron chi connectivity index (χ0n) is 18.2. The van der Waals surface area contributed by atoms with Gasteiger partial charge in [-0.1, -0.05) is 113 Å². The van der Waals surface area contributed by atoms with Crippen LogP contribution in [0.15, 0.2) is 85.5 Å². The Balaban J connectivity index is 2.05. The molecule has 0 bridgehead atoms. The van der Waals surface area contributed by atoms with Crippen LogP contribution in [0.5, 0.6) is 0 Å². The molecule has 3 heteroatoms. The molecule has 0 spiro atoms. The molecule has 2 atom stereocenters. The van der Waals surface area contributed by atoms with Crippen molar-refractivity contribution in [3.8, 4) is 0 Å². The maximum absolute atomic E-state index is 11.2. The van der Waals surface area contributed by atoms with Crippen LogP contribution in [0.2, 0.25) is 5.04 Å². The largest absolute Gasteiger partial charge is 0.407 e. The Bertz CT molecular complexity index is 814. The van der Waals surface area contributed by atoms with Gasteiger partial charge in [0.2, 0.25) is 0 Å². The van der Waals surface area contributed by atoms with Crippen molar-refractivity contribution in [1.82, 2.24) is 0 Å². The van der Waals surface area contributed by atoms with Gasteiger partial charge in [0.1, 0.15) is 0 Å². The first kappa shape index (κ1) is 21.8. The van der Waals surface area contributed by atoms with Crippen LogP contribution in [0.3, 0.4) is 0 Å². The van der Waals surface area contributed by atoms with Crippen molar-refractivity contribution in [2.24, 2.45) is 5.41 Å². The highest BCUT2D eigenvalue weighted by molar-refractivity contribution is 6.99. The molecule has 0 aromatic heterocycles. The lowest BCUT2D eigenvalue weighted by atomic mass is 9.58. The average Bonchev–Trinajstić information content (AvgIpc) is 2.72. The van der Waals surface area contributed by atoms with Gasteiger partial charge in [-0.25, -0.2) is 0 Å². The smallest absolute Gasteiger partial charge is 0.261 e. The molecule has 0 aliphatic heterocycles. The topological polar surface area (TPSA) is 29.5 Å². The molecule has 0 unspecified atom stereocenters. The van der Waals surface area contributed by atoms with E-state index in [4.69, 9.17) is 4.43 Å². The molecule has 29 heavy (non-hydrogen) atoms. The zero-order valence-corrected chi connectivity index (χ0v) is 19.2. The molecule has 154 valence electrons. The van der Waals surface area contributed by atoms with Crippen molar-refractivity contribution in [3.05, 3.63) is 85.5 Å². The second-order valence-corrected chi connectivity index (χ2v) is 13.8. The molecule has 2 aromatic carbocycles. The third-order valence-corrected chi connectivity index (χ3v) is 11.6. The third-order valence-electron chi connectivity index (χ3n) is 6.64. The molecule has 3 rings (SSSR count). The maximum atomic E-state index is 11.2. The average molecular weight is 407 g/mol. The molecule has 0 radical (unpaired) electrons. The minimum absolute atomic E-state index is 0.0646. The van der Waals surface area contributed by atoms with E-state index in [0.29, 0.717) is 6.61 Å². The number of rotatable bonds is 7. The molecule has 2 nitrogen and oxygen atoms in total. The SMILES string of the molecule is C=C/C=C\[C@]1(O)CC[C@]1(C)CO[Si](c1ccccc1)(c1ccccc1)C(C)(C)C.